The average Bonchev–Trinajstić information content (AvgIpc) is 3.09. The number of carbonyl (C=O) groups is 1. The molecule has 1 amide bonds. The lowest BCUT2D eigenvalue weighted by Gasteiger charge is -2.10. The molecule has 1 N–H and O–H groups in total. The van der Waals surface area contributed by atoms with Crippen LogP contribution in [0.15, 0.2) is 11.4 Å². The fourth-order valence-corrected chi connectivity index (χ4v) is 3.25. The van der Waals surface area contributed by atoms with E-state index in [9.17, 15) is 4.79 Å². The molecule has 0 aromatic carbocycles. The van der Waals surface area contributed by atoms with Crippen molar-refractivity contribution in [1.82, 2.24) is 14.9 Å². The van der Waals surface area contributed by atoms with E-state index in [2.05, 4.69) is 34.1 Å². The number of aromatic nitrogens is 2. The van der Waals surface area contributed by atoms with Crippen molar-refractivity contribution in [1.29, 1.82) is 0 Å². The van der Waals surface area contributed by atoms with Crippen LogP contribution < -0.4 is 5.32 Å². The molecule has 126 valence electrons. The summed E-state index contributed by atoms with van der Waals surface area (Å²) in [4.78, 5) is 17.1. The lowest BCUT2D eigenvalue weighted by Crippen LogP contribution is -2.24. The quantitative estimate of drug-likeness (QED) is 0.720. The Morgan fingerprint density at radius 3 is 2.61 bits per heavy atom. The number of aryl methyl sites for hydroxylation is 1. The number of hydrogen-bond acceptors (Lipinski definition) is 3. The van der Waals surface area contributed by atoms with Gasteiger partial charge in [-0.1, -0.05) is 26.7 Å². The Labute approximate surface area is 142 Å². The molecule has 5 heteroatoms. The van der Waals surface area contributed by atoms with Gasteiger partial charge < -0.3 is 9.88 Å². The Morgan fingerprint density at radius 1 is 1.26 bits per heavy atom. The largest absolute Gasteiger partial charge is 0.352 e. The van der Waals surface area contributed by atoms with Gasteiger partial charge in [0.05, 0.1) is 22.0 Å². The van der Waals surface area contributed by atoms with Gasteiger partial charge in [-0.3, -0.25) is 4.79 Å². The molecule has 0 saturated carbocycles. The summed E-state index contributed by atoms with van der Waals surface area (Å²) in [6.45, 7) is 10.0. The van der Waals surface area contributed by atoms with Crippen molar-refractivity contribution < 1.29 is 4.79 Å². The molecule has 0 aliphatic carbocycles. The van der Waals surface area contributed by atoms with E-state index in [-0.39, 0.29) is 5.91 Å². The monoisotopic (exact) mass is 333 g/mol. The van der Waals surface area contributed by atoms with Crippen molar-refractivity contribution >= 4 is 17.2 Å². The van der Waals surface area contributed by atoms with Crippen LogP contribution in [0, 0.1) is 13.8 Å². The number of nitrogens with one attached hydrogen (secondary N) is 1. The summed E-state index contributed by atoms with van der Waals surface area (Å²) in [6, 6.07) is 2.00. The zero-order chi connectivity index (χ0) is 16.8. The second-order valence-electron chi connectivity index (χ2n) is 5.90. The lowest BCUT2D eigenvalue weighted by molar-refractivity contribution is 0.0952. The van der Waals surface area contributed by atoms with E-state index < -0.39 is 0 Å². The second kappa shape index (κ2) is 8.29. The minimum Gasteiger partial charge on any atom is -0.352 e. The molecule has 0 bridgehead atoms. The van der Waals surface area contributed by atoms with Gasteiger partial charge in [0.25, 0.3) is 5.91 Å². The first-order valence-corrected chi connectivity index (χ1v) is 9.37. The van der Waals surface area contributed by atoms with Crippen molar-refractivity contribution in [3.05, 3.63) is 27.7 Å². The highest BCUT2D eigenvalue weighted by atomic mass is 32.1. The molecule has 2 heterocycles. The smallest absolute Gasteiger partial charge is 0.253 e. The van der Waals surface area contributed by atoms with Crippen LogP contribution >= 0.6 is 11.3 Å². The van der Waals surface area contributed by atoms with Gasteiger partial charge in [0.1, 0.15) is 0 Å². The van der Waals surface area contributed by atoms with Crippen LogP contribution in [0.3, 0.4) is 0 Å². The van der Waals surface area contributed by atoms with Gasteiger partial charge in [-0.2, -0.15) is 0 Å². The first-order valence-electron chi connectivity index (χ1n) is 8.49. The minimum absolute atomic E-state index is 0.0272. The minimum atomic E-state index is 0.0272. The normalized spacial score (nSPS) is 11.0. The molecule has 0 aliphatic heterocycles. The van der Waals surface area contributed by atoms with Crippen LogP contribution in [0.25, 0.3) is 11.4 Å². The molecule has 2 rings (SSSR count). The summed E-state index contributed by atoms with van der Waals surface area (Å²) >= 11 is 1.65. The van der Waals surface area contributed by atoms with Crippen LogP contribution in [-0.4, -0.2) is 22.0 Å². The third kappa shape index (κ3) is 4.22. The van der Waals surface area contributed by atoms with Crippen LogP contribution in [0.4, 0.5) is 0 Å². The number of rotatable bonds is 8. The van der Waals surface area contributed by atoms with E-state index >= 15 is 0 Å². The van der Waals surface area contributed by atoms with Crippen molar-refractivity contribution in [2.45, 2.75) is 59.9 Å². The van der Waals surface area contributed by atoms with Crippen LogP contribution in [-0.2, 0) is 6.54 Å². The number of hydrogen-bond donors (Lipinski definition) is 1. The number of thiazole rings is 1. The molecule has 2 aromatic rings. The van der Waals surface area contributed by atoms with E-state index in [1.165, 1.54) is 0 Å². The summed E-state index contributed by atoms with van der Waals surface area (Å²) in [7, 11) is 0. The maximum absolute atomic E-state index is 12.5. The molecular formula is C18H27N3OS. The van der Waals surface area contributed by atoms with Crippen molar-refractivity contribution in [3.8, 4) is 11.4 Å². The molecule has 0 unspecified atom stereocenters. The predicted molar refractivity (Wildman–Crippen MR) is 97.2 cm³/mol. The standard InChI is InChI=1S/C18H27N3OS/c1-5-7-9-19-18(22)15-11-17(16-12-23-14(4)20-16)21(13(15)3)10-8-6-2/h11-12H,5-10H2,1-4H3,(H,19,22). The fourth-order valence-electron chi connectivity index (χ4n) is 2.65. The number of carbonyl (C=O) groups excluding carboxylic acids is 1. The highest BCUT2D eigenvalue weighted by Crippen LogP contribution is 2.27. The van der Waals surface area contributed by atoms with Crippen molar-refractivity contribution in [2.75, 3.05) is 6.54 Å². The number of nitrogens with zero attached hydrogens (tertiary/aromatic N) is 2. The number of amides is 1. The van der Waals surface area contributed by atoms with E-state index in [1.54, 1.807) is 11.3 Å². The zero-order valence-electron chi connectivity index (χ0n) is 14.6. The Hall–Kier alpha value is -1.62. The van der Waals surface area contributed by atoms with E-state index in [0.717, 1.165) is 66.4 Å². The first-order chi connectivity index (χ1) is 11.1. The predicted octanol–water partition coefficient (Wildman–Crippen LogP) is 4.56. The fraction of sp³-hybridized carbons (Fsp3) is 0.556. The first kappa shape index (κ1) is 17.7. The average molecular weight is 334 g/mol. The molecule has 0 aliphatic rings. The van der Waals surface area contributed by atoms with Crippen molar-refractivity contribution in [3.63, 3.8) is 0 Å². The van der Waals surface area contributed by atoms with Gasteiger partial charge in [-0.25, -0.2) is 4.98 Å². The Bertz CT molecular complexity index is 657. The Morgan fingerprint density at radius 2 is 2.00 bits per heavy atom. The zero-order valence-corrected chi connectivity index (χ0v) is 15.4. The SMILES string of the molecule is CCCCNC(=O)c1cc(-c2csc(C)n2)n(CCCC)c1C. The molecule has 4 nitrogen and oxygen atoms in total. The highest BCUT2D eigenvalue weighted by Gasteiger charge is 2.19. The van der Waals surface area contributed by atoms with Crippen molar-refractivity contribution in [2.24, 2.45) is 0 Å². The van der Waals surface area contributed by atoms with Gasteiger partial charge >= 0.3 is 0 Å². The van der Waals surface area contributed by atoms with Gasteiger partial charge in [0.2, 0.25) is 0 Å². The molecular weight excluding hydrogens is 306 g/mol. The topological polar surface area (TPSA) is 46.9 Å². The molecule has 0 spiro atoms. The second-order valence-corrected chi connectivity index (χ2v) is 6.96. The van der Waals surface area contributed by atoms with Crippen LogP contribution in [0.1, 0.15) is 60.6 Å². The third-order valence-electron chi connectivity index (χ3n) is 4.04. The Kier molecular flexibility index (Phi) is 6.39. The molecule has 0 saturated heterocycles. The van der Waals surface area contributed by atoms with Crippen LogP contribution in [0.2, 0.25) is 0 Å². The number of unbranched alkanes of at least 4 members (excludes halogenated alkanes) is 2. The maximum atomic E-state index is 12.5. The van der Waals surface area contributed by atoms with Gasteiger partial charge in [0.15, 0.2) is 0 Å². The maximum Gasteiger partial charge on any atom is 0.253 e. The molecule has 0 atom stereocenters. The molecule has 0 radical (unpaired) electrons. The van der Waals surface area contributed by atoms with Gasteiger partial charge in [-0.15, -0.1) is 11.3 Å². The van der Waals surface area contributed by atoms with Crippen LogP contribution in [0.5, 0.6) is 0 Å². The van der Waals surface area contributed by atoms with Gasteiger partial charge in [0, 0.05) is 24.2 Å². The molecule has 0 fully saturated rings. The highest BCUT2D eigenvalue weighted by molar-refractivity contribution is 7.09. The lowest BCUT2D eigenvalue weighted by atomic mass is 10.2. The summed E-state index contributed by atoms with van der Waals surface area (Å²) in [5.74, 6) is 0.0272. The summed E-state index contributed by atoms with van der Waals surface area (Å²) in [6.07, 6.45) is 4.33. The molecule has 23 heavy (non-hydrogen) atoms. The summed E-state index contributed by atoms with van der Waals surface area (Å²) < 4.78 is 2.24. The molecule has 2 aromatic heterocycles. The van der Waals surface area contributed by atoms with E-state index in [4.69, 9.17) is 0 Å². The third-order valence-corrected chi connectivity index (χ3v) is 4.82. The van der Waals surface area contributed by atoms with E-state index in [1.807, 2.05) is 19.9 Å². The van der Waals surface area contributed by atoms with Gasteiger partial charge in [-0.05, 0) is 32.8 Å². The summed E-state index contributed by atoms with van der Waals surface area (Å²) in [5.41, 5.74) is 3.84. The van der Waals surface area contributed by atoms with E-state index in [0.29, 0.717) is 0 Å². The Balaban J connectivity index is 2.33. The summed E-state index contributed by atoms with van der Waals surface area (Å²) in [5, 5.41) is 6.15.